The fraction of sp³-hybridized carbons (Fsp3) is 0.375. The van der Waals surface area contributed by atoms with Crippen LogP contribution < -0.4 is 10.1 Å². The van der Waals surface area contributed by atoms with E-state index in [0.717, 1.165) is 65.0 Å². The van der Waals surface area contributed by atoms with Gasteiger partial charge in [-0.3, -0.25) is 4.98 Å². The molecular weight excluding hydrogens is 422 g/mol. The van der Waals surface area contributed by atoms with Crippen molar-refractivity contribution in [2.75, 3.05) is 26.7 Å². The Morgan fingerprint density at radius 1 is 1.16 bits per heavy atom. The van der Waals surface area contributed by atoms with E-state index in [9.17, 15) is 5.11 Å². The van der Waals surface area contributed by atoms with E-state index in [-0.39, 0.29) is 0 Å². The highest BCUT2D eigenvalue weighted by atomic mass is 32.1. The number of aliphatic hydroxyl groups is 1. The third-order valence-electron chi connectivity index (χ3n) is 6.20. The maximum Gasteiger partial charge on any atom is 0.143 e. The molecule has 0 radical (unpaired) electrons. The van der Waals surface area contributed by atoms with Crippen LogP contribution in [-0.2, 0) is 6.54 Å². The second-order valence-corrected chi connectivity index (χ2v) is 9.11. The molecule has 7 nitrogen and oxygen atoms in total. The van der Waals surface area contributed by atoms with Crippen LogP contribution in [0.25, 0.3) is 21.3 Å². The molecule has 1 aliphatic heterocycles. The van der Waals surface area contributed by atoms with Crippen LogP contribution in [-0.4, -0.2) is 57.7 Å². The Morgan fingerprint density at radius 3 is 2.88 bits per heavy atom. The minimum atomic E-state index is -0.562. The molecule has 32 heavy (non-hydrogen) atoms. The Bertz CT molecular complexity index is 1210. The SMILES string of the molecule is COc1ccc2nccc([C@@H](O)CN3CCC(NCc4cnc5scnc5c4)CC3)c2c1. The summed E-state index contributed by atoms with van der Waals surface area (Å²) in [6, 6.07) is 10.3. The van der Waals surface area contributed by atoms with Crippen molar-refractivity contribution in [1.29, 1.82) is 0 Å². The van der Waals surface area contributed by atoms with E-state index < -0.39 is 6.10 Å². The second kappa shape index (κ2) is 9.46. The zero-order valence-electron chi connectivity index (χ0n) is 18.1. The lowest BCUT2D eigenvalue weighted by atomic mass is 10.0. The molecule has 0 spiro atoms. The molecule has 1 fully saturated rings. The van der Waals surface area contributed by atoms with Gasteiger partial charge in [0, 0.05) is 36.9 Å². The molecule has 0 unspecified atom stereocenters. The molecular formula is C24H27N5O2S. The normalized spacial score (nSPS) is 16.6. The highest BCUT2D eigenvalue weighted by Gasteiger charge is 2.22. The zero-order chi connectivity index (χ0) is 21.9. The average molecular weight is 450 g/mol. The molecule has 2 N–H and O–H groups in total. The molecule has 4 aromatic rings. The number of ether oxygens (including phenoxy) is 1. The van der Waals surface area contributed by atoms with Crippen LogP contribution in [0.2, 0.25) is 0 Å². The number of aromatic nitrogens is 3. The van der Waals surface area contributed by atoms with Crippen molar-refractivity contribution < 1.29 is 9.84 Å². The first-order valence-electron chi connectivity index (χ1n) is 10.9. The van der Waals surface area contributed by atoms with Crippen LogP contribution in [0.15, 0.2) is 48.2 Å². The summed E-state index contributed by atoms with van der Waals surface area (Å²) in [4.78, 5) is 16.6. The van der Waals surface area contributed by atoms with Gasteiger partial charge in [-0.1, -0.05) is 0 Å². The number of hydrogen-bond donors (Lipinski definition) is 2. The first kappa shape index (κ1) is 21.2. The molecule has 4 heterocycles. The van der Waals surface area contributed by atoms with E-state index in [2.05, 4.69) is 31.2 Å². The summed E-state index contributed by atoms with van der Waals surface area (Å²) >= 11 is 1.57. The third kappa shape index (κ3) is 4.59. The predicted molar refractivity (Wildman–Crippen MR) is 127 cm³/mol. The number of rotatable bonds is 7. The van der Waals surface area contributed by atoms with Gasteiger partial charge >= 0.3 is 0 Å². The summed E-state index contributed by atoms with van der Waals surface area (Å²) in [5.74, 6) is 0.773. The molecule has 3 aromatic heterocycles. The lowest BCUT2D eigenvalue weighted by Crippen LogP contribution is -2.43. The summed E-state index contributed by atoms with van der Waals surface area (Å²) in [5.41, 5.74) is 5.75. The number of likely N-dealkylation sites (tertiary alicyclic amines) is 1. The van der Waals surface area contributed by atoms with Gasteiger partial charge in [-0.2, -0.15) is 0 Å². The van der Waals surface area contributed by atoms with Crippen molar-refractivity contribution in [3.8, 4) is 5.75 Å². The van der Waals surface area contributed by atoms with Gasteiger partial charge in [0.2, 0.25) is 0 Å². The van der Waals surface area contributed by atoms with Crippen LogP contribution in [0.3, 0.4) is 0 Å². The van der Waals surface area contributed by atoms with Crippen molar-refractivity contribution in [3.05, 3.63) is 59.4 Å². The molecule has 166 valence electrons. The average Bonchev–Trinajstić information content (AvgIpc) is 3.31. The maximum atomic E-state index is 11.0. The van der Waals surface area contributed by atoms with Crippen LogP contribution in [0.5, 0.6) is 5.75 Å². The zero-order valence-corrected chi connectivity index (χ0v) is 18.9. The highest BCUT2D eigenvalue weighted by molar-refractivity contribution is 7.16. The molecule has 0 aliphatic carbocycles. The number of methoxy groups -OCH3 is 1. The number of thiazole rings is 1. The van der Waals surface area contributed by atoms with Gasteiger partial charge in [0.25, 0.3) is 0 Å². The number of benzene rings is 1. The molecule has 1 aliphatic rings. The van der Waals surface area contributed by atoms with Gasteiger partial charge in [0.1, 0.15) is 16.1 Å². The topological polar surface area (TPSA) is 83.4 Å². The van der Waals surface area contributed by atoms with E-state index in [1.54, 1.807) is 24.6 Å². The Hall–Kier alpha value is -2.65. The summed E-state index contributed by atoms with van der Waals surface area (Å²) < 4.78 is 5.36. The molecule has 0 saturated carbocycles. The number of β-amino-alcohol motifs (C(OH)–C–C–N with tert-alkyl or cyclic N) is 1. The van der Waals surface area contributed by atoms with Crippen molar-refractivity contribution in [1.82, 2.24) is 25.2 Å². The van der Waals surface area contributed by atoms with Crippen molar-refractivity contribution in [2.24, 2.45) is 0 Å². The smallest absolute Gasteiger partial charge is 0.143 e. The van der Waals surface area contributed by atoms with E-state index >= 15 is 0 Å². The Balaban J connectivity index is 1.16. The largest absolute Gasteiger partial charge is 0.497 e. The van der Waals surface area contributed by atoms with Crippen LogP contribution in [0.4, 0.5) is 0 Å². The maximum absolute atomic E-state index is 11.0. The summed E-state index contributed by atoms with van der Waals surface area (Å²) in [6.07, 6.45) is 5.26. The van der Waals surface area contributed by atoms with Gasteiger partial charge in [0.05, 0.1) is 24.2 Å². The van der Waals surface area contributed by atoms with Gasteiger partial charge < -0.3 is 20.1 Å². The number of fused-ring (bicyclic) bond motifs is 2. The minimum Gasteiger partial charge on any atom is -0.497 e. The number of pyridine rings is 2. The monoisotopic (exact) mass is 449 g/mol. The minimum absolute atomic E-state index is 0.473. The molecule has 5 rings (SSSR count). The first-order chi connectivity index (χ1) is 15.7. The fourth-order valence-corrected chi connectivity index (χ4v) is 5.00. The summed E-state index contributed by atoms with van der Waals surface area (Å²) in [6.45, 7) is 3.35. The Morgan fingerprint density at radius 2 is 2.03 bits per heavy atom. The quantitative estimate of drug-likeness (QED) is 0.446. The van der Waals surface area contributed by atoms with Gasteiger partial charge in [-0.05, 0) is 67.4 Å². The van der Waals surface area contributed by atoms with Crippen molar-refractivity contribution in [3.63, 3.8) is 0 Å². The van der Waals surface area contributed by atoms with Crippen LogP contribution in [0.1, 0.15) is 30.1 Å². The lowest BCUT2D eigenvalue weighted by Gasteiger charge is -2.33. The van der Waals surface area contributed by atoms with E-state index in [1.165, 1.54) is 5.56 Å². The fourth-order valence-electron chi connectivity index (χ4n) is 4.38. The standard InChI is InChI=1S/C24H27N5O2S/c1-31-18-2-3-21-20(11-18)19(4-7-25-21)23(30)14-29-8-5-17(6-9-29)26-12-16-10-22-24(27-13-16)32-15-28-22/h2-4,7,10-11,13,15,17,23,26,30H,5-6,8-9,12,14H2,1H3/t23-/m0/s1. The third-order valence-corrected chi connectivity index (χ3v) is 6.95. The van der Waals surface area contributed by atoms with Crippen LogP contribution in [0, 0.1) is 0 Å². The molecule has 0 amide bonds. The molecule has 1 saturated heterocycles. The van der Waals surface area contributed by atoms with E-state index in [1.807, 2.05) is 36.0 Å². The van der Waals surface area contributed by atoms with Gasteiger partial charge in [-0.25, -0.2) is 9.97 Å². The second-order valence-electron chi connectivity index (χ2n) is 8.28. The highest BCUT2D eigenvalue weighted by Crippen LogP contribution is 2.28. The summed E-state index contributed by atoms with van der Waals surface area (Å²) in [5, 5.41) is 15.6. The van der Waals surface area contributed by atoms with Gasteiger partial charge in [-0.15, -0.1) is 11.3 Å². The first-order valence-corrected chi connectivity index (χ1v) is 11.8. The van der Waals surface area contributed by atoms with E-state index in [4.69, 9.17) is 4.74 Å². The Labute approximate surface area is 191 Å². The predicted octanol–water partition coefficient (Wildman–Crippen LogP) is 3.54. The number of hydrogen-bond acceptors (Lipinski definition) is 8. The number of piperidine rings is 1. The van der Waals surface area contributed by atoms with Gasteiger partial charge in [0.15, 0.2) is 0 Å². The summed E-state index contributed by atoms with van der Waals surface area (Å²) in [7, 11) is 1.65. The van der Waals surface area contributed by atoms with E-state index in [0.29, 0.717) is 12.6 Å². The van der Waals surface area contributed by atoms with Crippen molar-refractivity contribution in [2.45, 2.75) is 31.5 Å². The molecule has 1 aromatic carbocycles. The van der Waals surface area contributed by atoms with Crippen LogP contribution >= 0.6 is 11.3 Å². The lowest BCUT2D eigenvalue weighted by molar-refractivity contribution is 0.0949. The molecule has 1 atom stereocenters. The number of nitrogens with zero attached hydrogens (tertiary/aromatic N) is 4. The molecule has 8 heteroatoms. The number of nitrogens with one attached hydrogen (secondary N) is 1. The Kier molecular flexibility index (Phi) is 6.27. The molecule has 0 bridgehead atoms. The van der Waals surface area contributed by atoms with Crippen molar-refractivity contribution >= 4 is 32.6 Å². The number of aliphatic hydroxyl groups excluding tert-OH is 1.